The minimum absolute atomic E-state index is 0.0339. The third-order valence-electron chi connectivity index (χ3n) is 1.69. The third kappa shape index (κ3) is 1.53. The van der Waals surface area contributed by atoms with Gasteiger partial charge in [0.25, 0.3) is 0 Å². The van der Waals surface area contributed by atoms with E-state index in [-0.39, 0.29) is 5.03 Å². The molecule has 0 saturated carbocycles. The van der Waals surface area contributed by atoms with E-state index in [9.17, 15) is 14.9 Å². The van der Waals surface area contributed by atoms with Gasteiger partial charge in [-0.2, -0.15) is 0 Å². The van der Waals surface area contributed by atoms with Crippen LogP contribution in [0.1, 0.15) is 0 Å². The van der Waals surface area contributed by atoms with Crippen molar-refractivity contribution in [2.24, 2.45) is 5.92 Å². The number of allylic oxidation sites excluding steroid dienone is 2. The zero-order chi connectivity index (χ0) is 10.1. The van der Waals surface area contributed by atoms with Crippen LogP contribution in [0.25, 0.3) is 0 Å². The van der Waals surface area contributed by atoms with E-state index in [2.05, 4.69) is 15.9 Å². The molecule has 4 nitrogen and oxygen atoms in total. The number of rotatable bonds is 2. The van der Waals surface area contributed by atoms with Crippen molar-refractivity contribution in [3.8, 4) is 0 Å². The van der Waals surface area contributed by atoms with Gasteiger partial charge < -0.3 is 0 Å². The number of hydrogen-bond acceptors (Lipinski definition) is 3. The Kier molecular flexibility index (Phi) is 2.87. The van der Waals surface area contributed by atoms with Crippen LogP contribution in [0, 0.1) is 16.0 Å². The van der Waals surface area contributed by atoms with Gasteiger partial charge in [0.1, 0.15) is 11.0 Å². The molecule has 0 aliphatic heterocycles. The third-order valence-corrected chi connectivity index (χ3v) is 3.54. The molecular weight excluding hydrogens is 261 g/mol. The molecule has 0 aromatic carbocycles. The van der Waals surface area contributed by atoms with E-state index in [1.165, 1.54) is 18.2 Å². The highest BCUT2D eigenvalue weighted by atomic mass is 79.9. The second kappa shape index (κ2) is 3.59. The first-order valence-corrected chi connectivity index (χ1v) is 4.46. The Hall–Kier alpha value is -0.680. The van der Waals surface area contributed by atoms with Crippen LogP contribution in [0.3, 0.4) is 0 Å². The zero-order valence-corrected chi connectivity index (χ0v) is 8.58. The largest absolute Gasteiger partial charge is 0.323 e. The summed E-state index contributed by atoms with van der Waals surface area (Å²) in [6.07, 6.45) is 5.78. The number of carbonyl (C=O) groups excluding carboxylic acids is 1. The molecule has 1 radical (unpaired) electrons. The molecule has 13 heavy (non-hydrogen) atoms. The summed E-state index contributed by atoms with van der Waals surface area (Å²) in [5, 5.41) is 10.6. The van der Waals surface area contributed by atoms with E-state index in [1.807, 2.05) is 0 Å². The van der Waals surface area contributed by atoms with Crippen molar-refractivity contribution in [2.45, 2.75) is 4.45 Å². The highest BCUT2D eigenvalue weighted by Gasteiger charge is 2.51. The number of alkyl halides is 1. The number of hydrogen-bond donors (Lipinski definition) is 0. The highest BCUT2D eigenvalue weighted by Crippen LogP contribution is 2.40. The molecule has 2 unspecified atom stereocenters. The van der Waals surface area contributed by atoms with Gasteiger partial charge in [0.05, 0.1) is 0 Å². The average molecular weight is 265 g/mol. The van der Waals surface area contributed by atoms with Crippen LogP contribution in [0.2, 0.25) is 0 Å². The maximum absolute atomic E-state index is 10.7. The Morgan fingerprint density at radius 3 is 2.77 bits per heavy atom. The molecule has 0 fully saturated rings. The van der Waals surface area contributed by atoms with Crippen molar-refractivity contribution < 1.29 is 9.72 Å². The van der Waals surface area contributed by atoms with Gasteiger partial charge in [-0.1, -0.05) is 23.8 Å². The highest BCUT2D eigenvalue weighted by molar-refractivity contribution is 9.10. The van der Waals surface area contributed by atoms with Gasteiger partial charge in [-0.25, -0.2) is 0 Å². The van der Waals surface area contributed by atoms with Gasteiger partial charge in [0, 0.05) is 20.9 Å². The first-order chi connectivity index (χ1) is 6.03. The first-order valence-electron chi connectivity index (χ1n) is 3.29. The summed E-state index contributed by atoms with van der Waals surface area (Å²) in [4.78, 5) is 20.5. The average Bonchev–Trinajstić information content (AvgIpc) is 2.09. The Labute approximate surface area is 87.5 Å². The predicted octanol–water partition coefficient (Wildman–Crippen LogP) is 1.77. The van der Waals surface area contributed by atoms with Gasteiger partial charge in [-0.15, -0.1) is 0 Å². The molecule has 0 saturated heterocycles. The van der Waals surface area contributed by atoms with E-state index in [4.69, 9.17) is 11.6 Å². The van der Waals surface area contributed by atoms with Crippen LogP contribution in [-0.2, 0) is 4.79 Å². The molecule has 0 N–H and O–H groups in total. The van der Waals surface area contributed by atoms with Crippen LogP contribution in [0.5, 0.6) is 0 Å². The monoisotopic (exact) mass is 264 g/mol. The SMILES string of the molecule is O=[C]C1C=CC=C(Cl)C1(Br)[N+](=O)[O-]. The van der Waals surface area contributed by atoms with Gasteiger partial charge in [-0.05, 0) is 6.08 Å². The van der Waals surface area contributed by atoms with Crippen LogP contribution < -0.4 is 0 Å². The van der Waals surface area contributed by atoms with Gasteiger partial charge >= 0.3 is 4.45 Å². The molecule has 6 heteroatoms. The standard InChI is InChI=1S/C7H4BrClNO3/c8-7(10(12)13)5(4-11)2-1-3-6(7)9/h1-3,5H. The second-order valence-electron chi connectivity index (χ2n) is 2.43. The van der Waals surface area contributed by atoms with Crippen LogP contribution >= 0.6 is 27.5 Å². The quantitative estimate of drug-likeness (QED) is 0.331. The summed E-state index contributed by atoms with van der Waals surface area (Å²) in [6.45, 7) is 0. The second-order valence-corrected chi connectivity index (χ2v) is 4.04. The number of nitrogens with zero attached hydrogens (tertiary/aromatic N) is 1. The normalized spacial score (nSPS) is 32.5. The Morgan fingerprint density at radius 2 is 2.38 bits per heavy atom. The Morgan fingerprint density at radius 1 is 1.77 bits per heavy atom. The fraction of sp³-hybridized carbons (Fsp3) is 0.286. The van der Waals surface area contributed by atoms with Gasteiger partial charge in [0.15, 0.2) is 0 Å². The van der Waals surface area contributed by atoms with Crippen molar-refractivity contribution in [1.82, 2.24) is 0 Å². The molecule has 0 spiro atoms. The Balaban J connectivity index is 3.17. The summed E-state index contributed by atoms with van der Waals surface area (Å²) < 4.78 is -1.74. The summed E-state index contributed by atoms with van der Waals surface area (Å²) in [7, 11) is 0. The number of nitro groups is 1. The van der Waals surface area contributed by atoms with E-state index in [0.29, 0.717) is 0 Å². The molecule has 1 aliphatic rings. The lowest BCUT2D eigenvalue weighted by Gasteiger charge is -2.23. The Bertz CT molecular complexity index is 315. The van der Waals surface area contributed by atoms with E-state index in [1.54, 1.807) is 6.29 Å². The predicted molar refractivity (Wildman–Crippen MR) is 50.9 cm³/mol. The maximum Gasteiger partial charge on any atom is 0.323 e. The van der Waals surface area contributed by atoms with Crippen molar-refractivity contribution >= 4 is 33.8 Å². The fourth-order valence-electron chi connectivity index (χ4n) is 0.962. The summed E-state index contributed by atoms with van der Waals surface area (Å²) in [5.41, 5.74) is 0. The molecule has 0 heterocycles. The van der Waals surface area contributed by atoms with Crippen LogP contribution in [0.4, 0.5) is 0 Å². The molecule has 0 aromatic heterocycles. The van der Waals surface area contributed by atoms with Crippen molar-refractivity contribution in [3.63, 3.8) is 0 Å². The molecular formula is C7H4BrClNO3. The lowest BCUT2D eigenvalue weighted by molar-refractivity contribution is -0.527. The minimum Gasteiger partial charge on any atom is -0.290 e. The van der Waals surface area contributed by atoms with E-state index in [0.717, 1.165) is 0 Å². The van der Waals surface area contributed by atoms with Gasteiger partial charge in [-0.3, -0.25) is 14.9 Å². The van der Waals surface area contributed by atoms with Crippen LogP contribution in [-0.4, -0.2) is 15.7 Å². The van der Waals surface area contributed by atoms with Crippen molar-refractivity contribution in [3.05, 3.63) is 33.4 Å². The van der Waals surface area contributed by atoms with Crippen molar-refractivity contribution in [1.29, 1.82) is 0 Å². The number of halogens is 2. The molecule has 1 aliphatic carbocycles. The molecule has 0 amide bonds. The molecule has 69 valence electrons. The van der Waals surface area contributed by atoms with Gasteiger partial charge in [0.2, 0.25) is 6.29 Å². The smallest absolute Gasteiger partial charge is 0.290 e. The molecule has 1 rings (SSSR count). The topological polar surface area (TPSA) is 60.2 Å². The van der Waals surface area contributed by atoms with E-state index >= 15 is 0 Å². The zero-order valence-electron chi connectivity index (χ0n) is 6.24. The maximum atomic E-state index is 10.7. The van der Waals surface area contributed by atoms with Crippen LogP contribution in [0.15, 0.2) is 23.3 Å². The lowest BCUT2D eigenvalue weighted by atomic mass is 9.97. The summed E-state index contributed by atoms with van der Waals surface area (Å²) in [5.74, 6) is -1.00. The summed E-state index contributed by atoms with van der Waals surface area (Å²) >= 11 is 8.47. The van der Waals surface area contributed by atoms with Crippen molar-refractivity contribution in [2.75, 3.05) is 0 Å². The fourth-order valence-corrected chi connectivity index (χ4v) is 1.60. The minimum atomic E-state index is -1.74. The summed E-state index contributed by atoms with van der Waals surface area (Å²) in [6, 6.07) is 0. The molecule has 0 bridgehead atoms. The lowest BCUT2D eigenvalue weighted by Crippen LogP contribution is -2.41. The van der Waals surface area contributed by atoms with E-state index < -0.39 is 15.3 Å². The first kappa shape index (κ1) is 10.4. The molecule has 0 aromatic rings. The molecule has 2 atom stereocenters.